The number of anilines is 1. The molecule has 1 N–H and O–H groups in total. The minimum atomic E-state index is -1.29. The Kier molecular flexibility index (Phi) is 6.88. The summed E-state index contributed by atoms with van der Waals surface area (Å²) in [5, 5.41) is 17.7. The Bertz CT molecular complexity index is 1650. The lowest BCUT2D eigenvalue weighted by Crippen LogP contribution is -2.60. The molecule has 0 radical (unpaired) electrons. The smallest absolute Gasteiger partial charge is 0.369 e. The Morgan fingerprint density at radius 2 is 1.98 bits per heavy atom. The SMILES string of the molecule is O=NOC(=O)c1ccnc(N2CC(O)(c3ccc(OCc4c(-c5ccc(F)cc5F)noc4C4CC4)cc3Cl)C2)c1. The van der Waals surface area contributed by atoms with E-state index >= 15 is 0 Å². The fourth-order valence-corrected chi connectivity index (χ4v) is 5.21. The number of carbonyl (C=O) groups is 1. The molecule has 6 rings (SSSR count). The Balaban J connectivity index is 1.16. The summed E-state index contributed by atoms with van der Waals surface area (Å²) < 4.78 is 39.5. The van der Waals surface area contributed by atoms with Crippen LogP contribution in [0.5, 0.6) is 5.75 Å². The van der Waals surface area contributed by atoms with E-state index in [1.54, 1.807) is 23.1 Å². The second-order valence-corrected chi connectivity index (χ2v) is 10.4. The van der Waals surface area contributed by atoms with Gasteiger partial charge in [0.2, 0.25) is 0 Å². The Hall–Kier alpha value is -4.42. The number of β-amino-alcohol motifs (C(OH)–C–C–N with tert-alkyl or cyclic N) is 1. The first kappa shape index (κ1) is 26.8. The fraction of sp³-hybridized carbons (Fsp3) is 0.250. The predicted molar refractivity (Wildman–Crippen MR) is 141 cm³/mol. The Morgan fingerprint density at radius 1 is 1.17 bits per heavy atom. The van der Waals surface area contributed by atoms with Crippen molar-refractivity contribution in [3.05, 3.63) is 98.7 Å². The second-order valence-electron chi connectivity index (χ2n) is 9.95. The van der Waals surface area contributed by atoms with E-state index in [4.69, 9.17) is 20.9 Å². The fourth-order valence-electron chi connectivity index (χ4n) is 4.86. The van der Waals surface area contributed by atoms with Crippen LogP contribution in [0.3, 0.4) is 0 Å². The van der Waals surface area contributed by atoms with Gasteiger partial charge in [-0.25, -0.2) is 18.6 Å². The highest BCUT2D eigenvalue weighted by Gasteiger charge is 2.45. The van der Waals surface area contributed by atoms with Crippen molar-refractivity contribution in [2.24, 2.45) is 5.34 Å². The van der Waals surface area contributed by atoms with Crippen molar-refractivity contribution < 1.29 is 32.8 Å². The Morgan fingerprint density at radius 3 is 2.68 bits per heavy atom. The summed E-state index contributed by atoms with van der Waals surface area (Å²) in [4.78, 5) is 32.0. The highest BCUT2D eigenvalue weighted by molar-refractivity contribution is 6.31. The van der Waals surface area contributed by atoms with Gasteiger partial charge in [-0.1, -0.05) is 22.8 Å². The number of aromatic nitrogens is 2. The van der Waals surface area contributed by atoms with Crippen molar-refractivity contribution in [1.82, 2.24) is 10.1 Å². The lowest BCUT2D eigenvalue weighted by molar-refractivity contribution is 0.00711. The zero-order valence-electron chi connectivity index (χ0n) is 21.2. The molecule has 0 bridgehead atoms. The topological polar surface area (TPSA) is 127 Å². The number of hydrogen-bond acceptors (Lipinski definition) is 10. The molecular formula is C28H21ClF2N4O6. The van der Waals surface area contributed by atoms with Gasteiger partial charge in [-0.2, -0.15) is 0 Å². The number of pyridine rings is 1. The van der Waals surface area contributed by atoms with Gasteiger partial charge in [0.05, 0.1) is 29.2 Å². The van der Waals surface area contributed by atoms with Gasteiger partial charge in [0.15, 0.2) is 5.34 Å². The van der Waals surface area contributed by atoms with E-state index in [-0.39, 0.29) is 47.5 Å². The van der Waals surface area contributed by atoms with Crippen LogP contribution in [0.2, 0.25) is 5.02 Å². The molecule has 0 unspecified atom stereocenters. The predicted octanol–water partition coefficient (Wildman–Crippen LogP) is 5.67. The summed E-state index contributed by atoms with van der Waals surface area (Å²) in [6.07, 6.45) is 3.22. The molecule has 0 amide bonds. The summed E-state index contributed by atoms with van der Waals surface area (Å²) >= 11 is 6.55. The molecule has 0 atom stereocenters. The van der Waals surface area contributed by atoms with E-state index in [0.29, 0.717) is 28.5 Å². The number of nitrogens with zero attached hydrogens (tertiary/aromatic N) is 4. The maximum absolute atomic E-state index is 14.5. The van der Waals surface area contributed by atoms with E-state index in [2.05, 4.69) is 20.3 Å². The largest absolute Gasteiger partial charge is 0.489 e. The molecule has 3 heterocycles. The molecule has 10 nitrogen and oxygen atoms in total. The summed E-state index contributed by atoms with van der Waals surface area (Å²) in [5.74, 6) is -0.766. The number of hydrogen-bond donors (Lipinski definition) is 1. The molecular weight excluding hydrogens is 562 g/mol. The number of aliphatic hydroxyl groups is 1. The highest BCUT2D eigenvalue weighted by Crippen LogP contribution is 2.45. The average Bonchev–Trinajstić information content (AvgIpc) is 3.70. The van der Waals surface area contributed by atoms with E-state index in [1.807, 2.05) is 0 Å². The monoisotopic (exact) mass is 582 g/mol. The maximum Gasteiger partial charge on any atom is 0.369 e. The van der Waals surface area contributed by atoms with Gasteiger partial charge in [0.25, 0.3) is 0 Å². The number of ether oxygens (including phenoxy) is 1. The van der Waals surface area contributed by atoms with Crippen LogP contribution in [-0.4, -0.2) is 34.3 Å². The Labute approximate surface area is 236 Å². The molecule has 210 valence electrons. The molecule has 2 aromatic carbocycles. The van der Waals surface area contributed by atoms with E-state index in [9.17, 15) is 23.6 Å². The summed E-state index contributed by atoms with van der Waals surface area (Å²) in [7, 11) is 0. The van der Waals surface area contributed by atoms with Gasteiger partial charge in [0.1, 0.15) is 46.9 Å². The first-order valence-electron chi connectivity index (χ1n) is 12.6. The summed E-state index contributed by atoms with van der Waals surface area (Å²) in [6, 6.07) is 11.0. The standard InChI is InChI=1S/C28H21ClF2N4O6/c29-22-11-18(39-12-20-25(33-40-26(20)15-1-2-15)19-5-3-17(30)10-23(19)31)4-6-21(22)28(37)13-35(14-28)24-9-16(7-8-32-24)27(36)41-34-38/h3-11,15,37H,1-2,12-14H2. The van der Waals surface area contributed by atoms with Crippen LogP contribution in [0.4, 0.5) is 14.6 Å². The van der Waals surface area contributed by atoms with Crippen molar-refractivity contribution in [3.63, 3.8) is 0 Å². The van der Waals surface area contributed by atoms with Crippen LogP contribution in [-0.2, 0) is 17.0 Å². The number of benzene rings is 2. The number of halogens is 3. The van der Waals surface area contributed by atoms with E-state index < -0.39 is 23.2 Å². The molecule has 1 aliphatic carbocycles. The second kappa shape index (κ2) is 10.5. The molecule has 0 spiro atoms. The molecule has 1 aliphatic heterocycles. The average molecular weight is 583 g/mol. The minimum absolute atomic E-state index is 0.0132. The van der Waals surface area contributed by atoms with Crippen LogP contribution in [0.15, 0.2) is 64.6 Å². The molecule has 41 heavy (non-hydrogen) atoms. The van der Waals surface area contributed by atoms with Crippen molar-refractivity contribution in [2.45, 2.75) is 31.0 Å². The lowest BCUT2D eigenvalue weighted by Gasteiger charge is -2.47. The highest BCUT2D eigenvalue weighted by atomic mass is 35.5. The van der Waals surface area contributed by atoms with Crippen LogP contribution < -0.4 is 9.64 Å². The van der Waals surface area contributed by atoms with Crippen molar-refractivity contribution >= 4 is 23.4 Å². The zero-order chi connectivity index (χ0) is 28.7. The van der Waals surface area contributed by atoms with E-state index in [1.165, 1.54) is 24.4 Å². The van der Waals surface area contributed by atoms with Crippen molar-refractivity contribution in [2.75, 3.05) is 18.0 Å². The quantitative estimate of drug-likeness (QED) is 0.196. The maximum atomic E-state index is 14.5. The van der Waals surface area contributed by atoms with Gasteiger partial charge in [-0.3, -0.25) is 4.84 Å². The normalized spacial score (nSPS) is 15.8. The molecule has 1 saturated carbocycles. The third-order valence-electron chi connectivity index (χ3n) is 7.11. The van der Waals surface area contributed by atoms with Crippen LogP contribution in [0, 0.1) is 16.5 Å². The molecule has 4 aromatic rings. The van der Waals surface area contributed by atoms with Crippen molar-refractivity contribution in [3.8, 4) is 17.0 Å². The first-order chi connectivity index (χ1) is 19.8. The van der Waals surface area contributed by atoms with Crippen molar-refractivity contribution in [1.29, 1.82) is 0 Å². The number of rotatable bonds is 9. The summed E-state index contributed by atoms with van der Waals surface area (Å²) in [6.45, 7) is 0.296. The van der Waals surface area contributed by atoms with Crippen LogP contribution in [0.1, 0.15) is 46.0 Å². The molecule has 13 heteroatoms. The van der Waals surface area contributed by atoms with Gasteiger partial charge in [-0.15, -0.1) is 4.91 Å². The lowest BCUT2D eigenvalue weighted by atomic mass is 9.86. The zero-order valence-corrected chi connectivity index (χ0v) is 22.0. The third kappa shape index (κ3) is 5.23. The third-order valence-corrected chi connectivity index (χ3v) is 7.42. The molecule has 2 aromatic heterocycles. The minimum Gasteiger partial charge on any atom is -0.489 e. The molecule has 2 aliphatic rings. The van der Waals surface area contributed by atoms with Gasteiger partial charge in [-0.05, 0) is 49.2 Å². The van der Waals surface area contributed by atoms with E-state index in [0.717, 1.165) is 25.0 Å². The summed E-state index contributed by atoms with van der Waals surface area (Å²) in [5.41, 5.74) is 0.217. The van der Waals surface area contributed by atoms with Crippen LogP contribution in [0.25, 0.3) is 11.3 Å². The van der Waals surface area contributed by atoms with Gasteiger partial charge < -0.3 is 19.3 Å². The molecule has 2 fully saturated rings. The van der Waals surface area contributed by atoms with Gasteiger partial charge >= 0.3 is 5.97 Å². The number of carbonyl (C=O) groups excluding carboxylic acids is 1. The first-order valence-corrected chi connectivity index (χ1v) is 13.0. The van der Waals surface area contributed by atoms with Gasteiger partial charge in [0, 0.05) is 29.3 Å². The van der Waals surface area contributed by atoms with Crippen LogP contribution >= 0.6 is 11.6 Å². The molecule has 1 saturated heterocycles.